The topological polar surface area (TPSA) is 43.4 Å². The molecule has 1 saturated heterocycles. The van der Waals surface area contributed by atoms with Gasteiger partial charge in [0.05, 0.1) is 11.3 Å². The van der Waals surface area contributed by atoms with Crippen LogP contribution < -0.4 is 0 Å². The van der Waals surface area contributed by atoms with E-state index in [2.05, 4.69) is 4.74 Å². The summed E-state index contributed by atoms with van der Waals surface area (Å²) >= 11 is 0. The van der Waals surface area contributed by atoms with Gasteiger partial charge in [0.25, 0.3) is 0 Å². The minimum absolute atomic E-state index is 0.241. The molecule has 1 fully saturated rings. The van der Waals surface area contributed by atoms with Crippen LogP contribution in [0, 0.1) is 11.3 Å². The zero-order chi connectivity index (χ0) is 8.77. The van der Waals surface area contributed by atoms with E-state index in [0.29, 0.717) is 0 Å². The molecule has 0 radical (unpaired) electrons. The second-order valence-electron chi connectivity index (χ2n) is 3.52. The molecule has 1 aliphatic carbocycles. The Labute approximate surface area is 70.4 Å². The Kier molecular flexibility index (Phi) is 1.37. The predicted octanol–water partition coefficient (Wildman–Crippen LogP) is 1.04. The summed E-state index contributed by atoms with van der Waals surface area (Å²) in [6, 6.07) is 0. The van der Waals surface area contributed by atoms with E-state index >= 15 is 0 Å². The fourth-order valence-electron chi connectivity index (χ4n) is 1.85. The third-order valence-electron chi connectivity index (χ3n) is 2.73. The zero-order valence-electron chi connectivity index (χ0n) is 6.87. The summed E-state index contributed by atoms with van der Waals surface area (Å²) in [5, 5.41) is 0. The molecule has 3 nitrogen and oxygen atoms in total. The number of carbonyl (C=O) groups excluding carboxylic acids is 2. The molecule has 0 bridgehead atoms. The molecule has 0 aromatic heterocycles. The summed E-state index contributed by atoms with van der Waals surface area (Å²) in [5.41, 5.74) is -0.671. The van der Waals surface area contributed by atoms with Crippen LogP contribution in [0.3, 0.4) is 0 Å². The molecule has 0 amide bonds. The van der Waals surface area contributed by atoms with Crippen LogP contribution in [0.5, 0.6) is 0 Å². The number of fused-ring (bicyclic) bond motifs is 1. The zero-order valence-corrected chi connectivity index (χ0v) is 6.87. The molecule has 3 heteroatoms. The van der Waals surface area contributed by atoms with Crippen LogP contribution in [-0.2, 0) is 14.3 Å². The average Bonchev–Trinajstić information content (AvgIpc) is 2.25. The van der Waals surface area contributed by atoms with Crippen molar-refractivity contribution in [2.45, 2.75) is 19.8 Å². The molecule has 12 heavy (non-hydrogen) atoms. The lowest BCUT2D eigenvalue weighted by Gasteiger charge is -2.24. The van der Waals surface area contributed by atoms with Crippen LogP contribution in [0.4, 0.5) is 0 Å². The summed E-state index contributed by atoms with van der Waals surface area (Å²) in [5.74, 6) is -0.990. The Balaban J connectivity index is 2.44. The van der Waals surface area contributed by atoms with E-state index in [4.69, 9.17) is 0 Å². The smallest absolute Gasteiger partial charge is 0.324 e. The lowest BCUT2D eigenvalue weighted by Crippen LogP contribution is -2.30. The van der Waals surface area contributed by atoms with Crippen molar-refractivity contribution in [3.8, 4) is 0 Å². The van der Waals surface area contributed by atoms with Crippen molar-refractivity contribution in [2.24, 2.45) is 11.3 Å². The van der Waals surface area contributed by atoms with Crippen molar-refractivity contribution in [1.82, 2.24) is 0 Å². The van der Waals surface area contributed by atoms with Gasteiger partial charge in [-0.15, -0.1) is 0 Å². The first kappa shape index (κ1) is 7.53. The molecule has 1 heterocycles. The molecule has 1 aliphatic heterocycles. The van der Waals surface area contributed by atoms with Gasteiger partial charge in [-0.1, -0.05) is 12.2 Å². The van der Waals surface area contributed by atoms with Crippen molar-refractivity contribution in [1.29, 1.82) is 0 Å². The SMILES string of the molecule is C[C@@]12C=CCC[C@@H]1C(=O)OC2=O. The number of hydrogen-bond acceptors (Lipinski definition) is 3. The molecular formula is C9H10O3. The molecule has 0 aromatic carbocycles. The molecule has 0 saturated carbocycles. The molecule has 0 unspecified atom stereocenters. The second kappa shape index (κ2) is 2.19. The van der Waals surface area contributed by atoms with Crippen LogP contribution in [0.25, 0.3) is 0 Å². The van der Waals surface area contributed by atoms with Gasteiger partial charge < -0.3 is 4.74 Å². The van der Waals surface area contributed by atoms with Crippen LogP contribution in [0.15, 0.2) is 12.2 Å². The average molecular weight is 166 g/mol. The monoisotopic (exact) mass is 166 g/mol. The molecule has 2 atom stereocenters. The molecule has 0 spiro atoms. The highest BCUT2D eigenvalue weighted by Gasteiger charge is 2.53. The van der Waals surface area contributed by atoms with E-state index in [0.717, 1.165) is 12.8 Å². The fraction of sp³-hybridized carbons (Fsp3) is 0.556. The third-order valence-corrected chi connectivity index (χ3v) is 2.73. The van der Waals surface area contributed by atoms with E-state index < -0.39 is 11.4 Å². The van der Waals surface area contributed by atoms with E-state index in [-0.39, 0.29) is 11.9 Å². The van der Waals surface area contributed by atoms with Crippen molar-refractivity contribution < 1.29 is 14.3 Å². The molecule has 2 aliphatic rings. The van der Waals surface area contributed by atoms with Crippen molar-refractivity contribution in [3.63, 3.8) is 0 Å². The first-order valence-corrected chi connectivity index (χ1v) is 4.08. The second-order valence-corrected chi connectivity index (χ2v) is 3.52. The quantitative estimate of drug-likeness (QED) is 0.307. The molecular weight excluding hydrogens is 156 g/mol. The van der Waals surface area contributed by atoms with Crippen LogP contribution in [0.2, 0.25) is 0 Å². The van der Waals surface area contributed by atoms with E-state index in [1.165, 1.54) is 0 Å². The van der Waals surface area contributed by atoms with Crippen LogP contribution >= 0.6 is 0 Å². The number of allylic oxidation sites excluding steroid dienone is 1. The highest BCUT2D eigenvalue weighted by Crippen LogP contribution is 2.42. The van der Waals surface area contributed by atoms with Gasteiger partial charge in [-0.05, 0) is 19.8 Å². The highest BCUT2D eigenvalue weighted by atomic mass is 16.6. The van der Waals surface area contributed by atoms with Gasteiger partial charge in [0.15, 0.2) is 0 Å². The van der Waals surface area contributed by atoms with Crippen molar-refractivity contribution in [2.75, 3.05) is 0 Å². The minimum Gasteiger partial charge on any atom is -0.392 e. The van der Waals surface area contributed by atoms with Crippen molar-refractivity contribution in [3.05, 3.63) is 12.2 Å². The van der Waals surface area contributed by atoms with Gasteiger partial charge in [0.1, 0.15) is 0 Å². The normalized spacial score (nSPS) is 39.6. The number of carbonyl (C=O) groups is 2. The summed E-state index contributed by atoms with van der Waals surface area (Å²) in [7, 11) is 0. The third kappa shape index (κ3) is 0.763. The number of cyclic esters (lactones) is 2. The maximum Gasteiger partial charge on any atom is 0.324 e. The number of esters is 2. The Morgan fingerprint density at radius 1 is 1.58 bits per heavy atom. The molecule has 0 aromatic rings. The largest absolute Gasteiger partial charge is 0.392 e. The Hall–Kier alpha value is -1.12. The summed E-state index contributed by atoms with van der Waals surface area (Å²) < 4.78 is 4.58. The Morgan fingerprint density at radius 3 is 3.00 bits per heavy atom. The van der Waals surface area contributed by atoms with Gasteiger partial charge in [0, 0.05) is 0 Å². The number of ether oxygens (including phenoxy) is 1. The van der Waals surface area contributed by atoms with Gasteiger partial charge in [0.2, 0.25) is 0 Å². The van der Waals surface area contributed by atoms with Gasteiger partial charge in [-0.3, -0.25) is 9.59 Å². The Morgan fingerprint density at radius 2 is 2.33 bits per heavy atom. The maximum absolute atomic E-state index is 11.2. The van der Waals surface area contributed by atoms with Crippen molar-refractivity contribution >= 4 is 11.9 Å². The first-order chi connectivity index (χ1) is 5.64. The van der Waals surface area contributed by atoms with Gasteiger partial charge >= 0.3 is 11.9 Å². The van der Waals surface area contributed by atoms with Crippen LogP contribution in [-0.4, -0.2) is 11.9 Å². The summed E-state index contributed by atoms with van der Waals surface area (Å²) in [6.07, 6.45) is 5.34. The lowest BCUT2D eigenvalue weighted by molar-refractivity contribution is -0.154. The van der Waals surface area contributed by atoms with Gasteiger partial charge in [-0.2, -0.15) is 0 Å². The van der Waals surface area contributed by atoms with Crippen LogP contribution in [0.1, 0.15) is 19.8 Å². The maximum atomic E-state index is 11.2. The number of hydrogen-bond donors (Lipinski definition) is 0. The molecule has 2 rings (SSSR count). The lowest BCUT2D eigenvalue weighted by atomic mass is 9.73. The summed E-state index contributed by atoms with van der Waals surface area (Å²) in [4.78, 5) is 22.4. The van der Waals surface area contributed by atoms with E-state index in [1.54, 1.807) is 13.0 Å². The van der Waals surface area contributed by atoms with E-state index in [1.807, 2.05) is 6.08 Å². The minimum atomic E-state index is -0.671. The number of rotatable bonds is 0. The molecule has 0 N–H and O–H groups in total. The fourth-order valence-corrected chi connectivity index (χ4v) is 1.85. The predicted molar refractivity (Wildman–Crippen MR) is 41.1 cm³/mol. The Bertz CT molecular complexity index is 279. The first-order valence-electron chi connectivity index (χ1n) is 4.08. The standard InChI is InChI=1S/C9H10O3/c1-9-5-3-2-4-6(9)7(10)12-8(9)11/h3,5-6H,2,4H2,1H3/t6-,9-/m1/s1. The van der Waals surface area contributed by atoms with Gasteiger partial charge in [-0.25, -0.2) is 0 Å². The molecule has 64 valence electrons. The highest BCUT2D eigenvalue weighted by molar-refractivity contribution is 6.00. The van der Waals surface area contributed by atoms with E-state index in [9.17, 15) is 9.59 Å². The summed E-state index contributed by atoms with van der Waals surface area (Å²) in [6.45, 7) is 1.76.